The van der Waals surface area contributed by atoms with E-state index in [1.54, 1.807) is 0 Å². The monoisotopic (exact) mass is 231 g/mol. The fourth-order valence-corrected chi connectivity index (χ4v) is 2.34. The molecular formula is C8H14BrN3. The summed E-state index contributed by atoms with van der Waals surface area (Å²) in [6, 6.07) is 0. The van der Waals surface area contributed by atoms with E-state index in [4.69, 9.17) is 5.73 Å². The van der Waals surface area contributed by atoms with Gasteiger partial charge in [-0.3, -0.25) is 0 Å². The van der Waals surface area contributed by atoms with Crippen LogP contribution < -0.4 is 5.73 Å². The van der Waals surface area contributed by atoms with Crippen LogP contribution in [0.25, 0.3) is 0 Å². The molecule has 0 aliphatic carbocycles. The standard InChI is InChI=1S/C8H14BrN3/c1-8(2,3)5-6(9)11-7(10)12(5)4/h1-4H3,(H2,10,11). The van der Waals surface area contributed by atoms with Crippen molar-refractivity contribution in [1.82, 2.24) is 9.55 Å². The second-order valence-corrected chi connectivity index (χ2v) is 4.67. The second-order valence-electron chi connectivity index (χ2n) is 3.92. The smallest absolute Gasteiger partial charge is 0.201 e. The quantitative estimate of drug-likeness (QED) is 0.744. The molecule has 1 rings (SSSR count). The third-order valence-electron chi connectivity index (χ3n) is 1.80. The molecule has 3 nitrogen and oxygen atoms in total. The predicted molar refractivity (Wildman–Crippen MR) is 54.0 cm³/mol. The van der Waals surface area contributed by atoms with Crippen LogP contribution in [0.2, 0.25) is 0 Å². The van der Waals surface area contributed by atoms with Gasteiger partial charge in [-0.2, -0.15) is 0 Å². The zero-order valence-corrected chi connectivity index (χ0v) is 9.44. The number of aromatic nitrogens is 2. The summed E-state index contributed by atoms with van der Waals surface area (Å²) in [4.78, 5) is 4.13. The van der Waals surface area contributed by atoms with Gasteiger partial charge in [0, 0.05) is 12.5 Å². The summed E-state index contributed by atoms with van der Waals surface area (Å²) in [5, 5.41) is 0. The van der Waals surface area contributed by atoms with Gasteiger partial charge < -0.3 is 10.3 Å². The number of hydrogen-bond donors (Lipinski definition) is 1. The lowest BCUT2D eigenvalue weighted by molar-refractivity contribution is 0.541. The van der Waals surface area contributed by atoms with Crippen molar-refractivity contribution in [3.63, 3.8) is 0 Å². The first kappa shape index (κ1) is 9.58. The van der Waals surface area contributed by atoms with Gasteiger partial charge in [-0.25, -0.2) is 4.98 Å². The van der Waals surface area contributed by atoms with E-state index >= 15 is 0 Å². The summed E-state index contributed by atoms with van der Waals surface area (Å²) in [6.07, 6.45) is 0. The molecule has 0 bridgehead atoms. The van der Waals surface area contributed by atoms with Crippen molar-refractivity contribution < 1.29 is 0 Å². The molecule has 0 amide bonds. The van der Waals surface area contributed by atoms with Crippen molar-refractivity contribution in [2.75, 3.05) is 5.73 Å². The van der Waals surface area contributed by atoms with E-state index in [0.717, 1.165) is 10.3 Å². The number of imidazole rings is 1. The summed E-state index contributed by atoms with van der Waals surface area (Å²) >= 11 is 3.39. The number of rotatable bonds is 0. The number of hydrogen-bond acceptors (Lipinski definition) is 2. The maximum atomic E-state index is 5.66. The Morgan fingerprint density at radius 3 is 2.08 bits per heavy atom. The van der Waals surface area contributed by atoms with Crippen molar-refractivity contribution in [1.29, 1.82) is 0 Å². The molecule has 1 aromatic heterocycles. The highest BCUT2D eigenvalue weighted by atomic mass is 79.9. The summed E-state index contributed by atoms with van der Waals surface area (Å²) in [5.41, 5.74) is 6.85. The number of nitrogen functional groups attached to an aromatic ring is 1. The average Bonchev–Trinajstić information content (AvgIpc) is 2.05. The lowest BCUT2D eigenvalue weighted by atomic mass is 9.93. The number of nitrogens with two attached hydrogens (primary N) is 1. The van der Waals surface area contributed by atoms with Gasteiger partial charge in [-0.05, 0) is 15.9 Å². The number of nitrogens with zero attached hydrogens (tertiary/aromatic N) is 2. The maximum absolute atomic E-state index is 5.66. The normalized spacial score (nSPS) is 12.1. The summed E-state index contributed by atoms with van der Waals surface area (Å²) in [6.45, 7) is 6.40. The van der Waals surface area contributed by atoms with Gasteiger partial charge in [0.15, 0.2) is 0 Å². The molecule has 0 radical (unpaired) electrons. The van der Waals surface area contributed by atoms with E-state index in [2.05, 4.69) is 41.7 Å². The molecule has 0 fully saturated rings. The van der Waals surface area contributed by atoms with Crippen molar-refractivity contribution in [2.24, 2.45) is 7.05 Å². The minimum absolute atomic E-state index is 0.0677. The van der Waals surface area contributed by atoms with Gasteiger partial charge >= 0.3 is 0 Å². The predicted octanol–water partition coefficient (Wildman–Crippen LogP) is 2.06. The van der Waals surface area contributed by atoms with E-state index in [9.17, 15) is 0 Å². The maximum Gasteiger partial charge on any atom is 0.201 e. The van der Waals surface area contributed by atoms with Crippen LogP contribution in [0, 0.1) is 0 Å². The van der Waals surface area contributed by atoms with Crippen LogP contribution in [-0.4, -0.2) is 9.55 Å². The Bertz CT molecular complexity index is 296. The van der Waals surface area contributed by atoms with Crippen LogP contribution in [0.4, 0.5) is 5.95 Å². The average molecular weight is 232 g/mol. The first-order valence-corrected chi connectivity index (χ1v) is 4.61. The van der Waals surface area contributed by atoms with Crippen molar-refractivity contribution in [3.8, 4) is 0 Å². The van der Waals surface area contributed by atoms with Crippen LogP contribution in [0.3, 0.4) is 0 Å². The van der Waals surface area contributed by atoms with E-state index in [1.165, 1.54) is 0 Å². The summed E-state index contributed by atoms with van der Waals surface area (Å²) < 4.78 is 2.75. The van der Waals surface area contributed by atoms with E-state index in [-0.39, 0.29) is 5.41 Å². The Hall–Kier alpha value is -0.510. The zero-order valence-electron chi connectivity index (χ0n) is 7.85. The second kappa shape index (κ2) is 2.76. The molecule has 4 heteroatoms. The molecule has 1 heterocycles. The molecule has 0 aliphatic heterocycles. The van der Waals surface area contributed by atoms with Crippen molar-refractivity contribution in [3.05, 3.63) is 10.3 Å². The molecule has 0 aliphatic rings. The molecule has 0 aromatic carbocycles. The minimum atomic E-state index is 0.0677. The fourth-order valence-electron chi connectivity index (χ4n) is 1.29. The van der Waals surface area contributed by atoms with Crippen LogP contribution in [0.1, 0.15) is 26.5 Å². The number of anilines is 1. The van der Waals surface area contributed by atoms with Gasteiger partial charge in [-0.15, -0.1) is 0 Å². The molecule has 0 saturated carbocycles. The zero-order chi connectivity index (χ0) is 9.52. The van der Waals surface area contributed by atoms with Gasteiger partial charge in [0.05, 0.1) is 5.69 Å². The molecule has 12 heavy (non-hydrogen) atoms. The highest BCUT2D eigenvalue weighted by molar-refractivity contribution is 9.10. The summed E-state index contributed by atoms with van der Waals surface area (Å²) in [7, 11) is 1.92. The highest BCUT2D eigenvalue weighted by Crippen LogP contribution is 2.30. The molecule has 1 aromatic rings. The Labute approximate surface area is 81.1 Å². The third kappa shape index (κ3) is 1.48. The topological polar surface area (TPSA) is 43.8 Å². The van der Waals surface area contributed by atoms with Gasteiger partial charge in [0.1, 0.15) is 4.60 Å². The molecule has 0 atom stereocenters. The van der Waals surface area contributed by atoms with Crippen molar-refractivity contribution in [2.45, 2.75) is 26.2 Å². The molecule has 68 valence electrons. The third-order valence-corrected chi connectivity index (χ3v) is 2.35. The Morgan fingerprint density at radius 2 is 1.92 bits per heavy atom. The van der Waals surface area contributed by atoms with E-state index in [0.29, 0.717) is 5.95 Å². The Kier molecular flexibility index (Phi) is 2.21. The lowest BCUT2D eigenvalue weighted by Crippen LogP contribution is -2.17. The van der Waals surface area contributed by atoms with Crippen LogP contribution in [0.5, 0.6) is 0 Å². The van der Waals surface area contributed by atoms with Crippen molar-refractivity contribution >= 4 is 21.9 Å². The van der Waals surface area contributed by atoms with E-state index in [1.807, 2.05) is 11.6 Å². The first-order chi connectivity index (χ1) is 5.34. The summed E-state index contributed by atoms with van der Waals surface area (Å²) in [5.74, 6) is 0.548. The van der Waals surface area contributed by atoms with Gasteiger partial charge in [0.25, 0.3) is 0 Å². The van der Waals surface area contributed by atoms with Gasteiger partial charge in [0.2, 0.25) is 5.95 Å². The molecule has 0 unspecified atom stereocenters. The molecular weight excluding hydrogens is 218 g/mol. The van der Waals surface area contributed by atoms with Gasteiger partial charge in [-0.1, -0.05) is 20.8 Å². The SMILES string of the molecule is Cn1c(N)nc(Br)c1C(C)(C)C. The first-order valence-electron chi connectivity index (χ1n) is 3.82. The van der Waals surface area contributed by atoms with Crippen LogP contribution >= 0.6 is 15.9 Å². The largest absolute Gasteiger partial charge is 0.369 e. The van der Waals surface area contributed by atoms with Crippen LogP contribution in [0.15, 0.2) is 4.60 Å². The molecule has 0 saturated heterocycles. The minimum Gasteiger partial charge on any atom is -0.369 e. The van der Waals surface area contributed by atoms with Crippen LogP contribution in [-0.2, 0) is 12.5 Å². The van der Waals surface area contributed by atoms with E-state index < -0.39 is 0 Å². The highest BCUT2D eigenvalue weighted by Gasteiger charge is 2.23. The fraction of sp³-hybridized carbons (Fsp3) is 0.625. The molecule has 0 spiro atoms. The number of halogens is 1. The Balaban J connectivity index is 3.32. The lowest BCUT2D eigenvalue weighted by Gasteiger charge is -2.19. The molecule has 2 N–H and O–H groups in total. The Morgan fingerprint density at radius 1 is 1.42 bits per heavy atom.